The maximum atomic E-state index is 12.2. The van der Waals surface area contributed by atoms with Gasteiger partial charge in [0.2, 0.25) is 0 Å². The van der Waals surface area contributed by atoms with Gasteiger partial charge in [-0.15, -0.1) is 11.3 Å². The number of aromatic nitrogens is 1. The molecule has 0 saturated heterocycles. The maximum Gasteiger partial charge on any atom is 0.331 e. The van der Waals surface area contributed by atoms with Gasteiger partial charge in [0.05, 0.1) is 27.2 Å². The van der Waals surface area contributed by atoms with Gasteiger partial charge in [-0.3, -0.25) is 14.9 Å². The number of ether oxygens (including phenoxy) is 1. The first-order valence-electron chi connectivity index (χ1n) is 8.60. The number of nitro groups is 1. The van der Waals surface area contributed by atoms with Crippen molar-refractivity contribution >= 4 is 45.2 Å². The summed E-state index contributed by atoms with van der Waals surface area (Å²) >= 11 is 1.50. The summed E-state index contributed by atoms with van der Waals surface area (Å²) < 4.78 is 5.98. The summed E-state index contributed by atoms with van der Waals surface area (Å²) in [5.41, 5.74) is 1.02. The van der Waals surface area contributed by atoms with Crippen LogP contribution in [-0.2, 0) is 20.9 Å². The molecule has 0 unspecified atom stereocenters. The Balaban J connectivity index is 1.53. The summed E-state index contributed by atoms with van der Waals surface area (Å²) in [6.45, 7) is -0.122. The van der Waals surface area contributed by atoms with Crippen molar-refractivity contribution in [1.29, 1.82) is 0 Å². The number of nitro benzene ring substituents is 1. The minimum atomic E-state index is -0.759. The SMILES string of the molecule is CN(Cc1nc2ccccc2s1)C(=O)COC(=O)/C=C/c1ccccc1[N+](=O)[O-]. The number of carbonyl (C=O) groups excluding carboxylic acids is 2. The zero-order valence-corrected chi connectivity index (χ0v) is 16.3. The number of nitrogens with zero attached hydrogens (tertiary/aromatic N) is 3. The average Bonchev–Trinajstić information content (AvgIpc) is 3.12. The molecule has 0 fully saturated rings. The van der Waals surface area contributed by atoms with E-state index in [9.17, 15) is 19.7 Å². The van der Waals surface area contributed by atoms with E-state index in [-0.39, 0.29) is 17.2 Å². The third-order valence-corrected chi connectivity index (χ3v) is 5.03. The highest BCUT2D eigenvalue weighted by Gasteiger charge is 2.14. The number of esters is 1. The summed E-state index contributed by atoms with van der Waals surface area (Å²) in [6, 6.07) is 13.7. The fourth-order valence-corrected chi connectivity index (χ4v) is 3.54. The van der Waals surface area contributed by atoms with Crippen molar-refractivity contribution in [3.05, 3.63) is 75.3 Å². The fraction of sp³-hybridized carbons (Fsp3) is 0.150. The van der Waals surface area contributed by atoms with Gasteiger partial charge in [0.25, 0.3) is 11.6 Å². The molecule has 0 aliphatic carbocycles. The molecule has 0 bridgehead atoms. The number of likely N-dealkylation sites (N-methyl/N-ethyl adjacent to an activating group) is 1. The van der Waals surface area contributed by atoms with Gasteiger partial charge in [-0.25, -0.2) is 9.78 Å². The van der Waals surface area contributed by atoms with Crippen LogP contribution in [0.4, 0.5) is 5.69 Å². The quantitative estimate of drug-likeness (QED) is 0.255. The molecule has 8 nitrogen and oxygen atoms in total. The highest BCUT2D eigenvalue weighted by molar-refractivity contribution is 7.18. The van der Waals surface area contributed by atoms with Crippen LogP contribution >= 0.6 is 11.3 Å². The normalized spacial score (nSPS) is 10.9. The van der Waals surface area contributed by atoms with Crippen molar-refractivity contribution in [1.82, 2.24) is 9.88 Å². The van der Waals surface area contributed by atoms with Gasteiger partial charge in [0.15, 0.2) is 6.61 Å². The highest BCUT2D eigenvalue weighted by atomic mass is 32.1. The number of hydrogen-bond donors (Lipinski definition) is 0. The second-order valence-corrected chi connectivity index (χ2v) is 7.20. The van der Waals surface area contributed by atoms with E-state index in [4.69, 9.17) is 4.74 Å². The van der Waals surface area contributed by atoms with Gasteiger partial charge < -0.3 is 9.64 Å². The standard InChI is InChI=1S/C20H17N3O5S/c1-22(12-18-21-15-7-3-5-9-17(15)29-18)19(24)13-28-20(25)11-10-14-6-2-4-8-16(14)23(26)27/h2-11H,12-13H2,1H3/b11-10+. The van der Waals surface area contributed by atoms with Crippen LogP contribution in [0, 0.1) is 10.1 Å². The number of para-hydroxylation sites is 2. The molecule has 0 N–H and O–H groups in total. The second kappa shape index (κ2) is 9.07. The Hall–Kier alpha value is -3.59. The number of rotatable bonds is 7. The number of thiazole rings is 1. The van der Waals surface area contributed by atoms with Crippen LogP contribution in [0.2, 0.25) is 0 Å². The molecule has 0 atom stereocenters. The monoisotopic (exact) mass is 411 g/mol. The van der Waals surface area contributed by atoms with E-state index in [0.29, 0.717) is 6.54 Å². The van der Waals surface area contributed by atoms with Crippen LogP contribution in [-0.4, -0.2) is 40.3 Å². The third kappa shape index (κ3) is 5.23. The van der Waals surface area contributed by atoms with Gasteiger partial charge >= 0.3 is 5.97 Å². The molecule has 3 rings (SSSR count). The Bertz CT molecular complexity index is 1060. The number of amides is 1. The van der Waals surface area contributed by atoms with E-state index < -0.39 is 17.5 Å². The van der Waals surface area contributed by atoms with Crippen molar-refractivity contribution < 1.29 is 19.2 Å². The van der Waals surface area contributed by atoms with Crippen LogP contribution in [0.1, 0.15) is 10.6 Å². The predicted molar refractivity (Wildman–Crippen MR) is 109 cm³/mol. The lowest BCUT2D eigenvalue weighted by Gasteiger charge is -2.15. The number of hydrogen-bond acceptors (Lipinski definition) is 7. The van der Waals surface area contributed by atoms with Gasteiger partial charge in [-0.05, 0) is 24.3 Å². The van der Waals surface area contributed by atoms with Crippen LogP contribution in [0.25, 0.3) is 16.3 Å². The van der Waals surface area contributed by atoms with Crippen molar-refractivity contribution in [3.8, 4) is 0 Å². The fourth-order valence-electron chi connectivity index (χ4n) is 2.52. The van der Waals surface area contributed by atoms with Crippen LogP contribution in [0.3, 0.4) is 0 Å². The van der Waals surface area contributed by atoms with E-state index in [2.05, 4.69) is 4.98 Å². The summed E-state index contributed by atoms with van der Waals surface area (Å²) in [6.07, 6.45) is 2.35. The van der Waals surface area contributed by atoms with E-state index in [1.807, 2.05) is 24.3 Å². The minimum absolute atomic E-state index is 0.122. The van der Waals surface area contributed by atoms with Crippen LogP contribution in [0.5, 0.6) is 0 Å². The largest absolute Gasteiger partial charge is 0.452 e. The summed E-state index contributed by atoms with van der Waals surface area (Å²) in [5.74, 6) is -1.14. The Morgan fingerprint density at radius 3 is 2.69 bits per heavy atom. The van der Waals surface area contributed by atoms with Crippen molar-refractivity contribution in [2.24, 2.45) is 0 Å². The van der Waals surface area contributed by atoms with E-state index in [1.54, 1.807) is 13.1 Å². The molecule has 3 aromatic rings. The molecule has 9 heteroatoms. The molecule has 1 amide bonds. The van der Waals surface area contributed by atoms with Gasteiger partial charge in [0.1, 0.15) is 5.01 Å². The average molecular weight is 411 g/mol. The molecule has 148 valence electrons. The predicted octanol–water partition coefficient (Wildman–Crippen LogP) is 3.42. The molecule has 0 aliphatic rings. The lowest BCUT2D eigenvalue weighted by molar-refractivity contribution is -0.385. The number of carbonyl (C=O) groups is 2. The maximum absolute atomic E-state index is 12.2. The van der Waals surface area contributed by atoms with Crippen LogP contribution < -0.4 is 0 Å². The smallest absolute Gasteiger partial charge is 0.331 e. The molecule has 0 aliphatic heterocycles. The zero-order chi connectivity index (χ0) is 20.8. The first-order chi connectivity index (χ1) is 13.9. The van der Waals surface area contributed by atoms with Crippen molar-refractivity contribution in [2.45, 2.75) is 6.54 Å². The molecular formula is C20H17N3O5S. The third-order valence-electron chi connectivity index (χ3n) is 4.01. The molecule has 0 spiro atoms. The lowest BCUT2D eigenvalue weighted by Crippen LogP contribution is -2.30. The van der Waals surface area contributed by atoms with E-state index >= 15 is 0 Å². The van der Waals surface area contributed by atoms with Gasteiger partial charge in [-0.1, -0.05) is 24.3 Å². The molecule has 1 heterocycles. The summed E-state index contributed by atoms with van der Waals surface area (Å²) in [5, 5.41) is 11.7. The minimum Gasteiger partial charge on any atom is -0.452 e. The van der Waals surface area contributed by atoms with Crippen LogP contribution in [0.15, 0.2) is 54.6 Å². The summed E-state index contributed by atoms with van der Waals surface area (Å²) in [7, 11) is 1.60. The van der Waals surface area contributed by atoms with E-state index in [0.717, 1.165) is 21.3 Å². The van der Waals surface area contributed by atoms with Crippen molar-refractivity contribution in [2.75, 3.05) is 13.7 Å². The topological polar surface area (TPSA) is 103 Å². The lowest BCUT2D eigenvalue weighted by atomic mass is 10.1. The Morgan fingerprint density at radius 1 is 1.21 bits per heavy atom. The second-order valence-electron chi connectivity index (χ2n) is 6.08. The molecule has 0 saturated carbocycles. The summed E-state index contributed by atoms with van der Waals surface area (Å²) in [4.78, 5) is 40.4. The molecule has 2 aromatic carbocycles. The first kappa shape index (κ1) is 20.2. The van der Waals surface area contributed by atoms with Gasteiger partial charge in [-0.2, -0.15) is 0 Å². The molecule has 1 aromatic heterocycles. The van der Waals surface area contributed by atoms with Crippen molar-refractivity contribution in [3.63, 3.8) is 0 Å². The Kier molecular flexibility index (Phi) is 6.30. The van der Waals surface area contributed by atoms with Gasteiger partial charge in [0, 0.05) is 19.2 Å². The first-order valence-corrected chi connectivity index (χ1v) is 9.42. The van der Waals surface area contributed by atoms with E-state index in [1.165, 1.54) is 40.5 Å². The number of benzene rings is 2. The number of fused-ring (bicyclic) bond motifs is 1. The Labute approximate surface area is 170 Å². The Morgan fingerprint density at radius 2 is 1.93 bits per heavy atom. The molecular weight excluding hydrogens is 394 g/mol. The molecule has 0 radical (unpaired) electrons. The zero-order valence-electron chi connectivity index (χ0n) is 15.5. The molecule has 29 heavy (non-hydrogen) atoms. The highest BCUT2D eigenvalue weighted by Crippen LogP contribution is 2.22.